The van der Waals surface area contributed by atoms with E-state index in [0.717, 1.165) is 29.3 Å². The number of nitrogens with one attached hydrogen (secondary N) is 2. The largest absolute Gasteiger partial charge is 0.466 e. The Balaban J connectivity index is 0.00000220. The Morgan fingerprint density at radius 3 is 2.71 bits per heavy atom. The van der Waals surface area contributed by atoms with Crippen LogP contribution >= 0.6 is 35.7 Å². The summed E-state index contributed by atoms with van der Waals surface area (Å²) in [5.74, 6) is 2.82. The van der Waals surface area contributed by atoms with Crippen molar-refractivity contribution in [2.24, 2.45) is 4.99 Å². The molecule has 1 aromatic heterocycles. The van der Waals surface area contributed by atoms with Crippen molar-refractivity contribution in [3.63, 3.8) is 0 Å². The van der Waals surface area contributed by atoms with Crippen molar-refractivity contribution in [2.75, 3.05) is 13.3 Å². The van der Waals surface area contributed by atoms with Crippen molar-refractivity contribution in [3.05, 3.63) is 23.2 Å². The monoisotopic (exact) mass is 423 g/mol. The van der Waals surface area contributed by atoms with E-state index in [1.165, 1.54) is 24.8 Å². The zero-order valence-electron chi connectivity index (χ0n) is 13.2. The van der Waals surface area contributed by atoms with E-state index in [9.17, 15) is 0 Å². The number of hydrogen-bond acceptors (Lipinski definition) is 3. The second-order valence-corrected chi connectivity index (χ2v) is 6.51. The third kappa shape index (κ3) is 5.39. The molecule has 0 amide bonds. The van der Waals surface area contributed by atoms with E-state index in [2.05, 4.69) is 27.9 Å². The summed E-state index contributed by atoms with van der Waals surface area (Å²) >= 11 is 1.97. The van der Waals surface area contributed by atoms with Crippen LogP contribution in [-0.2, 0) is 6.54 Å². The fourth-order valence-corrected chi connectivity index (χ4v) is 3.51. The quantitative estimate of drug-likeness (QED) is 0.443. The molecule has 2 atom stereocenters. The smallest absolute Gasteiger partial charge is 0.191 e. The Kier molecular flexibility index (Phi) is 7.94. The predicted octanol–water partition coefficient (Wildman–Crippen LogP) is 3.46. The lowest BCUT2D eigenvalue weighted by atomic mass is 10.2. The van der Waals surface area contributed by atoms with Crippen LogP contribution in [0.25, 0.3) is 0 Å². The lowest BCUT2D eigenvalue weighted by Gasteiger charge is -2.17. The van der Waals surface area contributed by atoms with Crippen molar-refractivity contribution in [2.45, 2.75) is 50.9 Å². The topological polar surface area (TPSA) is 49.6 Å². The third-order valence-corrected chi connectivity index (χ3v) is 4.97. The molecule has 1 fully saturated rings. The number of rotatable bonds is 4. The number of thioether (sulfide) groups is 1. The van der Waals surface area contributed by atoms with E-state index >= 15 is 0 Å². The summed E-state index contributed by atoms with van der Waals surface area (Å²) in [7, 11) is 1.82. The summed E-state index contributed by atoms with van der Waals surface area (Å²) in [5.41, 5.74) is 1.19. The van der Waals surface area contributed by atoms with Crippen molar-refractivity contribution in [3.8, 4) is 0 Å². The van der Waals surface area contributed by atoms with Gasteiger partial charge in [0, 0.05) is 30.4 Å². The van der Waals surface area contributed by atoms with Crippen molar-refractivity contribution < 1.29 is 4.42 Å². The highest BCUT2D eigenvalue weighted by atomic mass is 127. The zero-order valence-corrected chi connectivity index (χ0v) is 16.4. The molecule has 0 aromatic carbocycles. The second kappa shape index (κ2) is 8.92. The maximum atomic E-state index is 5.54. The molecule has 1 aliphatic rings. The van der Waals surface area contributed by atoms with Crippen LogP contribution in [0.3, 0.4) is 0 Å². The van der Waals surface area contributed by atoms with E-state index < -0.39 is 0 Å². The molecule has 1 aromatic rings. The summed E-state index contributed by atoms with van der Waals surface area (Å²) in [6.45, 7) is 4.73. The minimum Gasteiger partial charge on any atom is -0.466 e. The third-order valence-electron chi connectivity index (χ3n) is 3.87. The highest BCUT2D eigenvalue weighted by Crippen LogP contribution is 2.28. The molecule has 2 N–H and O–H groups in total. The highest BCUT2D eigenvalue weighted by Gasteiger charge is 2.24. The van der Waals surface area contributed by atoms with Gasteiger partial charge in [0.2, 0.25) is 0 Å². The molecule has 0 radical (unpaired) electrons. The summed E-state index contributed by atoms with van der Waals surface area (Å²) in [6, 6.07) is 2.63. The first-order chi connectivity index (χ1) is 9.62. The SMILES string of the molecule is CN=C(NCc1cc(C)oc1C)NC1CCC(SC)C1.I. The number of halogens is 1. The Hall–Kier alpha value is -0.370. The first-order valence-electron chi connectivity index (χ1n) is 7.18. The van der Waals surface area contributed by atoms with Crippen LogP contribution in [0.2, 0.25) is 0 Å². The minimum atomic E-state index is 0. The molecule has 2 rings (SSSR count). The van der Waals surface area contributed by atoms with Gasteiger partial charge in [-0.15, -0.1) is 24.0 Å². The van der Waals surface area contributed by atoms with Crippen LogP contribution in [0.15, 0.2) is 15.5 Å². The summed E-state index contributed by atoms with van der Waals surface area (Å²) in [6.07, 6.45) is 5.96. The van der Waals surface area contributed by atoms with Gasteiger partial charge >= 0.3 is 0 Å². The van der Waals surface area contributed by atoms with Gasteiger partial charge in [0.1, 0.15) is 11.5 Å². The average molecular weight is 423 g/mol. The van der Waals surface area contributed by atoms with E-state index in [1.54, 1.807) is 0 Å². The first kappa shape index (κ1) is 18.7. The molecule has 1 saturated carbocycles. The van der Waals surface area contributed by atoms with Gasteiger partial charge in [-0.3, -0.25) is 4.99 Å². The van der Waals surface area contributed by atoms with E-state index in [0.29, 0.717) is 6.04 Å². The number of aliphatic imine (C=N–C) groups is 1. The summed E-state index contributed by atoms with van der Waals surface area (Å²) in [4.78, 5) is 4.31. The van der Waals surface area contributed by atoms with E-state index in [1.807, 2.05) is 32.7 Å². The van der Waals surface area contributed by atoms with Gasteiger partial charge in [-0.25, -0.2) is 0 Å². The van der Waals surface area contributed by atoms with Crippen molar-refractivity contribution in [1.82, 2.24) is 10.6 Å². The fraction of sp³-hybridized carbons (Fsp3) is 0.667. The average Bonchev–Trinajstić information content (AvgIpc) is 3.01. The standard InChI is InChI=1S/C15H25N3OS.HI/c1-10-7-12(11(2)19-10)9-17-15(16-3)18-13-5-6-14(8-13)20-4;/h7,13-14H,5-6,8-9H2,1-4H3,(H2,16,17,18);1H. The molecular weight excluding hydrogens is 397 g/mol. The first-order valence-corrected chi connectivity index (χ1v) is 8.47. The summed E-state index contributed by atoms with van der Waals surface area (Å²) < 4.78 is 5.54. The van der Waals surface area contributed by atoms with Gasteiger partial charge in [-0.05, 0) is 45.4 Å². The van der Waals surface area contributed by atoms with Crippen molar-refractivity contribution in [1.29, 1.82) is 0 Å². The van der Waals surface area contributed by atoms with Gasteiger partial charge in [-0.2, -0.15) is 11.8 Å². The van der Waals surface area contributed by atoms with Crippen LogP contribution in [-0.4, -0.2) is 30.6 Å². The number of guanidine groups is 1. The van der Waals surface area contributed by atoms with Crippen molar-refractivity contribution >= 4 is 41.7 Å². The van der Waals surface area contributed by atoms with Gasteiger partial charge in [0.25, 0.3) is 0 Å². The number of nitrogens with zero attached hydrogens (tertiary/aromatic N) is 1. The molecule has 21 heavy (non-hydrogen) atoms. The van der Waals surface area contributed by atoms with Crippen LogP contribution in [0.5, 0.6) is 0 Å². The number of furan rings is 1. The second-order valence-electron chi connectivity index (χ2n) is 5.38. The van der Waals surface area contributed by atoms with Crippen LogP contribution in [0, 0.1) is 13.8 Å². The zero-order chi connectivity index (χ0) is 14.5. The maximum Gasteiger partial charge on any atom is 0.191 e. The molecule has 2 unspecified atom stereocenters. The molecule has 0 saturated heterocycles. The molecule has 0 spiro atoms. The lowest BCUT2D eigenvalue weighted by molar-refractivity contribution is 0.500. The predicted molar refractivity (Wildman–Crippen MR) is 102 cm³/mol. The maximum absolute atomic E-state index is 5.54. The lowest BCUT2D eigenvalue weighted by Crippen LogP contribution is -2.42. The molecular formula is C15H26IN3OS. The van der Waals surface area contributed by atoms with Gasteiger partial charge in [-0.1, -0.05) is 0 Å². The van der Waals surface area contributed by atoms with Crippen LogP contribution < -0.4 is 10.6 Å². The number of aryl methyl sites for hydroxylation is 2. The van der Waals surface area contributed by atoms with Gasteiger partial charge < -0.3 is 15.1 Å². The molecule has 1 heterocycles. The van der Waals surface area contributed by atoms with Gasteiger partial charge in [0.15, 0.2) is 5.96 Å². The highest BCUT2D eigenvalue weighted by molar-refractivity contribution is 14.0. The number of hydrogen-bond donors (Lipinski definition) is 2. The Labute approximate surface area is 148 Å². The molecule has 1 aliphatic carbocycles. The van der Waals surface area contributed by atoms with Gasteiger partial charge in [0.05, 0.1) is 0 Å². The fourth-order valence-electron chi connectivity index (χ4n) is 2.71. The molecule has 6 heteroatoms. The minimum absolute atomic E-state index is 0. The Morgan fingerprint density at radius 2 is 2.19 bits per heavy atom. The summed E-state index contributed by atoms with van der Waals surface area (Å²) in [5, 5.41) is 7.69. The molecule has 4 nitrogen and oxygen atoms in total. The molecule has 120 valence electrons. The normalized spacial score (nSPS) is 22.0. The van der Waals surface area contributed by atoms with E-state index in [4.69, 9.17) is 4.42 Å². The van der Waals surface area contributed by atoms with E-state index in [-0.39, 0.29) is 24.0 Å². The van der Waals surface area contributed by atoms with Crippen LogP contribution in [0.4, 0.5) is 0 Å². The Morgan fingerprint density at radius 1 is 1.43 bits per heavy atom. The Bertz CT molecular complexity index is 475. The molecule has 0 aliphatic heterocycles. The molecule has 0 bridgehead atoms. The van der Waals surface area contributed by atoms with Crippen LogP contribution in [0.1, 0.15) is 36.3 Å².